The number of aromatic nitrogens is 1. The minimum absolute atomic E-state index is 0.0847. The van der Waals surface area contributed by atoms with Crippen molar-refractivity contribution in [3.05, 3.63) is 107 Å². The number of hydrogen-bond acceptors (Lipinski definition) is 7. The first kappa shape index (κ1) is 60.7. The maximum absolute atomic E-state index is 12.8. The molecule has 2 aliphatic rings. The van der Waals surface area contributed by atoms with Crippen LogP contribution in [0.3, 0.4) is 0 Å². The van der Waals surface area contributed by atoms with E-state index in [4.69, 9.17) is 9.78 Å². The first-order valence-electron chi connectivity index (χ1n) is 26.0. The number of carbonyl (C=O) groups excluding carboxylic acids is 3. The average Bonchev–Trinajstić information content (AvgIpc) is 3.33. The van der Waals surface area contributed by atoms with Crippen LogP contribution in [0.2, 0.25) is 0 Å². The van der Waals surface area contributed by atoms with Crippen LogP contribution < -0.4 is 9.80 Å². The zero-order valence-corrected chi connectivity index (χ0v) is 45.2. The van der Waals surface area contributed by atoms with Gasteiger partial charge >= 0.3 is 0 Å². The molecule has 0 amide bonds. The molecule has 0 aliphatic carbocycles. The van der Waals surface area contributed by atoms with Crippen LogP contribution >= 0.6 is 0 Å². The number of piperidine rings is 1. The molecule has 0 radical (unpaired) electrons. The molecule has 0 N–H and O–H groups in total. The van der Waals surface area contributed by atoms with Crippen LogP contribution in [-0.4, -0.2) is 73.5 Å². The van der Waals surface area contributed by atoms with Gasteiger partial charge in [-0.05, 0) is 152 Å². The lowest BCUT2D eigenvalue weighted by molar-refractivity contribution is -0.119. The number of ketones is 2. The predicted octanol–water partition coefficient (Wildman–Crippen LogP) is 15.1. The lowest BCUT2D eigenvalue weighted by Crippen LogP contribution is -2.47. The van der Waals surface area contributed by atoms with E-state index in [1.165, 1.54) is 72.7 Å². The van der Waals surface area contributed by atoms with E-state index < -0.39 is 0 Å². The normalized spacial score (nSPS) is 16.4. The SMILES string of the molecule is C/C=C\c1cc(N2CCC(CCN3CCN(c4ccc(C)c(C(=O)C(C)CC)c4)CC3)CC2)ncc1C.C=C(/C=C\C(C)=C/C(C)CC)C(C)CC.C=C(C)C(C)CCC(=O)CCC.CC=O. The van der Waals surface area contributed by atoms with Crippen LogP contribution in [0.5, 0.6) is 0 Å². The van der Waals surface area contributed by atoms with Crippen molar-refractivity contribution in [3.63, 3.8) is 0 Å². The Labute approximate surface area is 411 Å². The lowest BCUT2D eigenvalue weighted by atomic mass is 9.93. The molecule has 2 aromatic rings. The second kappa shape index (κ2) is 34.0. The van der Waals surface area contributed by atoms with Gasteiger partial charge in [-0.1, -0.05) is 128 Å². The van der Waals surface area contributed by atoms with E-state index in [9.17, 15) is 9.59 Å². The van der Waals surface area contributed by atoms with Crippen molar-refractivity contribution < 1.29 is 14.4 Å². The fourth-order valence-electron chi connectivity index (χ4n) is 7.94. The van der Waals surface area contributed by atoms with Crippen molar-refractivity contribution in [1.82, 2.24) is 9.88 Å². The van der Waals surface area contributed by atoms with E-state index in [0.29, 0.717) is 23.5 Å². The van der Waals surface area contributed by atoms with Gasteiger partial charge in [0, 0.05) is 75.5 Å². The molecule has 0 saturated carbocycles. The molecule has 4 rings (SSSR count). The number of Topliss-reactive ketones (excluding diaryl/α,β-unsaturated/α-hetero) is 2. The number of nitrogens with zero attached hydrogens (tertiary/aromatic N) is 4. The largest absolute Gasteiger partial charge is 0.369 e. The molecule has 4 unspecified atom stereocenters. The standard InChI is InChI=1S/C32H46N4O.C15H26.C11H20O.C2H4O/c1-6-8-28-21-31(33-23-26(28)5)36-15-12-27(13-16-36)11-14-34-17-19-35(20-18-34)29-10-9-25(4)30(22-29)32(37)24(3)7-2;1-7-12(3)11-13(4)9-10-15(6)14(5)8-2;1-5-6-11(12)8-7-10(4)9(2)3;1-2-3/h6,8-10,21-24,27H,7,11-20H2,1-5H3;9-12,14H,6-8H2,1-5H3;10H,2,5-8H2,1,3-4H3;2H,1H3/b8-6-;10-9-,13-11-;;. The Morgan fingerprint density at radius 3 is 1.97 bits per heavy atom. The Balaban J connectivity index is 0.000000614. The molecule has 0 spiro atoms. The third-order valence-electron chi connectivity index (χ3n) is 13.8. The number of aldehydes is 1. The molecular formula is C60H96N4O3. The van der Waals surface area contributed by atoms with Crippen molar-refractivity contribution in [2.75, 3.05) is 55.6 Å². The summed E-state index contributed by atoms with van der Waals surface area (Å²) in [5.74, 6) is 4.45. The molecule has 0 bridgehead atoms. The molecule has 2 saturated heterocycles. The van der Waals surface area contributed by atoms with E-state index in [1.807, 2.05) is 27.0 Å². The van der Waals surface area contributed by atoms with Crippen LogP contribution in [0, 0.1) is 43.4 Å². The maximum atomic E-state index is 12.8. The number of hydrogen-bond donors (Lipinski definition) is 0. The summed E-state index contributed by atoms with van der Waals surface area (Å²) < 4.78 is 0. The van der Waals surface area contributed by atoms with E-state index in [-0.39, 0.29) is 11.7 Å². The highest BCUT2D eigenvalue weighted by molar-refractivity contribution is 5.99. The van der Waals surface area contributed by atoms with Gasteiger partial charge < -0.3 is 14.6 Å². The average molecular weight is 921 g/mol. The Kier molecular flexibility index (Phi) is 30.8. The van der Waals surface area contributed by atoms with Gasteiger partial charge in [-0.25, -0.2) is 4.98 Å². The molecule has 67 heavy (non-hydrogen) atoms. The summed E-state index contributed by atoms with van der Waals surface area (Å²) in [5.41, 5.74) is 9.46. The molecule has 1 aromatic carbocycles. The topological polar surface area (TPSA) is 73.8 Å². The number of anilines is 2. The first-order valence-corrected chi connectivity index (χ1v) is 26.0. The molecule has 2 aliphatic heterocycles. The fraction of sp³-hybridized carbons (Fsp3) is 0.600. The Bertz CT molecular complexity index is 1870. The molecule has 2 fully saturated rings. The van der Waals surface area contributed by atoms with Crippen molar-refractivity contribution in [2.24, 2.45) is 29.6 Å². The number of aryl methyl sites for hydroxylation is 2. The minimum atomic E-state index is 0.0847. The second-order valence-electron chi connectivity index (χ2n) is 19.4. The Hall–Kier alpha value is -4.36. The number of pyridine rings is 1. The van der Waals surface area contributed by atoms with Gasteiger partial charge in [0.25, 0.3) is 0 Å². The smallest absolute Gasteiger partial charge is 0.165 e. The molecular weight excluding hydrogens is 825 g/mol. The van der Waals surface area contributed by atoms with E-state index in [1.54, 1.807) is 0 Å². The fourth-order valence-corrected chi connectivity index (χ4v) is 7.94. The molecule has 1 aromatic heterocycles. The van der Waals surface area contributed by atoms with Crippen LogP contribution in [0.25, 0.3) is 6.08 Å². The highest BCUT2D eigenvalue weighted by Crippen LogP contribution is 2.28. The summed E-state index contributed by atoms with van der Waals surface area (Å²) in [4.78, 5) is 45.0. The minimum Gasteiger partial charge on any atom is -0.369 e. The van der Waals surface area contributed by atoms with Crippen molar-refractivity contribution in [2.45, 2.75) is 161 Å². The number of rotatable bonds is 21. The predicted molar refractivity (Wildman–Crippen MR) is 293 cm³/mol. The van der Waals surface area contributed by atoms with Crippen LogP contribution in [0.4, 0.5) is 11.5 Å². The summed E-state index contributed by atoms with van der Waals surface area (Å²) in [5, 5.41) is 0. The number of piperazine rings is 1. The van der Waals surface area contributed by atoms with Gasteiger partial charge in [-0.3, -0.25) is 14.5 Å². The van der Waals surface area contributed by atoms with Gasteiger partial charge in [0.1, 0.15) is 17.9 Å². The van der Waals surface area contributed by atoms with Crippen LogP contribution in [-0.2, 0) is 9.59 Å². The van der Waals surface area contributed by atoms with Gasteiger partial charge in [-0.15, -0.1) is 0 Å². The van der Waals surface area contributed by atoms with Crippen LogP contribution in [0.15, 0.2) is 84.6 Å². The second-order valence-corrected chi connectivity index (χ2v) is 19.4. The lowest BCUT2D eigenvalue weighted by Gasteiger charge is -2.38. The molecule has 4 atom stereocenters. The number of carbonyl (C=O) groups is 3. The molecule has 7 heteroatoms. The third-order valence-corrected chi connectivity index (χ3v) is 13.8. The Morgan fingerprint density at radius 2 is 1.42 bits per heavy atom. The highest BCUT2D eigenvalue weighted by Gasteiger charge is 2.24. The summed E-state index contributed by atoms with van der Waals surface area (Å²) in [7, 11) is 0. The van der Waals surface area contributed by atoms with Crippen LogP contribution in [0.1, 0.15) is 174 Å². The number of allylic oxidation sites excluding steroid dienone is 7. The zero-order chi connectivity index (χ0) is 50.5. The third kappa shape index (κ3) is 23.5. The molecule has 7 nitrogen and oxygen atoms in total. The summed E-state index contributed by atoms with van der Waals surface area (Å²) >= 11 is 0. The summed E-state index contributed by atoms with van der Waals surface area (Å²) in [6.07, 6.45) is 24.2. The summed E-state index contributed by atoms with van der Waals surface area (Å²) in [6.45, 7) is 44.7. The van der Waals surface area contributed by atoms with E-state index in [2.05, 4.69) is 152 Å². The van der Waals surface area contributed by atoms with Gasteiger partial charge in [0.2, 0.25) is 0 Å². The summed E-state index contributed by atoms with van der Waals surface area (Å²) in [6, 6.07) is 8.69. The molecule has 3 heterocycles. The van der Waals surface area contributed by atoms with Crippen molar-refractivity contribution in [3.8, 4) is 0 Å². The highest BCUT2D eigenvalue weighted by atomic mass is 16.1. The van der Waals surface area contributed by atoms with Crippen molar-refractivity contribution in [1.29, 1.82) is 0 Å². The van der Waals surface area contributed by atoms with Gasteiger partial charge in [-0.2, -0.15) is 0 Å². The van der Waals surface area contributed by atoms with Gasteiger partial charge in [0.15, 0.2) is 5.78 Å². The quantitative estimate of drug-likeness (QED) is 0.0534. The first-order chi connectivity index (χ1) is 31.9. The van der Waals surface area contributed by atoms with Gasteiger partial charge in [0.05, 0.1) is 0 Å². The van der Waals surface area contributed by atoms with E-state index in [0.717, 1.165) is 107 Å². The molecule has 374 valence electrons. The van der Waals surface area contributed by atoms with Crippen molar-refractivity contribution >= 4 is 35.4 Å². The monoisotopic (exact) mass is 921 g/mol. The van der Waals surface area contributed by atoms with E-state index >= 15 is 0 Å². The zero-order valence-electron chi connectivity index (χ0n) is 45.2. The maximum Gasteiger partial charge on any atom is 0.165 e. The number of benzene rings is 1. The Morgan fingerprint density at radius 1 is 0.791 bits per heavy atom.